The molecule has 2 rings (SSSR count). The molecule has 0 bridgehead atoms. The first-order valence-corrected chi connectivity index (χ1v) is 9.64. The Morgan fingerprint density at radius 1 is 1.33 bits per heavy atom. The molecule has 1 aliphatic carbocycles. The number of rotatable bonds is 7. The lowest BCUT2D eigenvalue weighted by molar-refractivity contribution is 0.595. The lowest BCUT2D eigenvalue weighted by atomic mass is 9.96. The minimum Gasteiger partial charge on any atom is -0.356 e. The maximum absolute atomic E-state index is 13.4. The molecular formula is C16H25FIN3O2S. The van der Waals surface area contributed by atoms with Crippen molar-refractivity contribution in [3.05, 3.63) is 35.6 Å². The summed E-state index contributed by atoms with van der Waals surface area (Å²) in [4.78, 5) is 4.10. The van der Waals surface area contributed by atoms with Crippen LogP contribution in [0.2, 0.25) is 0 Å². The number of benzene rings is 1. The third-order valence-electron chi connectivity index (χ3n) is 4.25. The van der Waals surface area contributed by atoms with Crippen LogP contribution in [0.4, 0.5) is 4.39 Å². The zero-order valence-corrected chi connectivity index (χ0v) is 17.2. The van der Waals surface area contributed by atoms with Crippen molar-refractivity contribution in [2.75, 3.05) is 31.6 Å². The van der Waals surface area contributed by atoms with Crippen LogP contribution in [0.25, 0.3) is 0 Å². The van der Waals surface area contributed by atoms with Gasteiger partial charge in [-0.25, -0.2) is 12.8 Å². The second-order valence-electron chi connectivity index (χ2n) is 5.88. The summed E-state index contributed by atoms with van der Waals surface area (Å²) in [7, 11) is -1.34. The van der Waals surface area contributed by atoms with Crippen LogP contribution in [0.3, 0.4) is 0 Å². The molecule has 5 nitrogen and oxygen atoms in total. The fraction of sp³-hybridized carbons (Fsp3) is 0.562. The Morgan fingerprint density at radius 3 is 2.58 bits per heavy atom. The molecule has 2 N–H and O–H groups in total. The van der Waals surface area contributed by atoms with Crippen molar-refractivity contribution >= 4 is 39.8 Å². The van der Waals surface area contributed by atoms with Crippen LogP contribution in [-0.2, 0) is 15.3 Å². The van der Waals surface area contributed by atoms with Gasteiger partial charge in [0, 0.05) is 31.3 Å². The lowest BCUT2D eigenvalue weighted by Gasteiger charge is -2.19. The van der Waals surface area contributed by atoms with Gasteiger partial charge < -0.3 is 10.6 Å². The van der Waals surface area contributed by atoms with Gasteiger partial charge in [-0.1, -0.05) is 19.1 Å². The van der Waals surface area contributed by atoms with Gasteiger partial charge in [0.15, 0.2) is 15.8 Å². The second-order valence-corrected chi connectivity index (χ2v) is 8.35. The van der Waals surface area contributed by atoms with E-state index in [1.54, 1.807) is 26.1 Å². The van der Waals surface area contributed by atoms with Crippen LogP contribution in [-0.4, -0.2) is 46.0 Å². The summed E-state index contributed by atoms with van der Waals surface area (Å²) in [6.07, 6.45) is 2.01. The van der Waals surface area contributed by atoms with Crippen LogP contribution < -0.4 is 10.6 Å². The van der Waals surface area contributed by atoms with Gasteiger partial charge >= 0.3 is 0 Å². The summed E-state index contributed by atoms with van der Waals surface area (Å²) in [5, 5.41) is 6.22. The molecule has 24 heavy (non-hydrogen) atoms. The molecule has 1 saturated carbocycles. The van der Waals surface area contributed by atoms with Gasteiger partial charge in [0.2, 0.25) is 0 Å². The Bertz CT molecular complexity index is 676. The molecule has 0 heterocycles. The van der Waals surface area contributed by atoms with Gasteiger partial charge in [0.25, 0.3) is 0 Å². The summed E-state index contributed by atoms with van der Waals surface area (Å²) in [6, 6.07) is 6.70. The molecule has 0 saturated heterocycles. The molecule has 0 atom stereocenters. The third-order valence-corrected chi connectivity index (χ3v) is 5.96. The van der Waals surface area contributed by atoms with Crippen molar-refractivity contribution in [3.8, 4) is 0 Å². The largest absolute Gasteiger partial charge is 0.356 e. The Hall–Kier alpha value is -0.900. The topological polar surface area (TPSA) is 70.6 Å². The minimum atomic E-state index is -2.99. The molecule has 0 aliphatic heterocycles. The van der Waals surface area contributed by atoms with Gasteiger partial charge in [-0.15, -0.1) is 24.0 Å². The van der Waals surface area contributed by atoms with Gasteiger partial charge in [-0.2, -0.15) is 0 Å². The second kappa shape index (κ2) is 8.98. The fourth-order valence-corrected chi connectivity index (χ4v) is 3.18. The SMILES string of the molecule is CCS(=O)(=O)CCNC(=NC)NCC1(c2cccc(F)c2)CC1.I. The zero-order valence-electron chi connectivity index (χ0n) is 14.0. The maximum atomic E-state index is 13.4. The molecule has 0 aromatic heterocycles. The summed E-state index contributed by atoms with van der Waals surface area (Å²) < 4.78 is 36.3. The number of hydrogen-bond acceptors (Lipinski definition) is 3. The van der Waals surface area contributed by atoms with E-state index in [9.17, 15) is 12.8 Å². The first kappa shape index (κ1) is 21.1. The van der Waals surface area contributed by atoms with Gasteiger partial charge in [0.05, 0.1) is 5.75 Å². The fourth-order valence-electron chi connectivity index (χ4n) is 2.48. The van der Waals surface area contributed by atoms with Gasteiger partial charge in [-0.05, 0) is 30.5 Å². The molecule has 1 aromatic carbocycles. The Morgan fingerprint density at radius 2 is 2.04 bits per heavy atom. The molecule has 0 spiro atoms. The van der Waals surface area contributed by atoms with E-state index in [1.807, 2.05) is 6.07 Å². The molecule has 1 aliphatic rings. The van der Waals surface area contributed by atoms with E-state index in [0.29, 0.717) is 19.0 Å². The Kier molecular flexibility index (Phi) is 7.91. The molecule has 1 fully saturated rings. The summed E-state index contributed by atoms with van der Waals surface area (Å²) in [5.41, 5.74) is 0.948. The van der Waals surface area contributed by atoms with E-state index in [2.05, 4.69) is 15.6 Å². The first-order valence-electron chi connectivity index (χ1n) is 7.82. The van der Waals surface area contributed by atoms with Crippen LogP contribution in [0.1, 0.15) is 25.3 Å². The number of guanidine groups is 1. The third kappa shape index (κ3) is 5.87. The molecule has 1 aromatic rings. The highest BCUT2D eigenvalue weighted by atomic mass is 127. The maximum Gasteiger partial charge on any atom is 0.191 e. The number of sulfone groups is 1. The molecule has 0 unspecified atom stereocenters. The number of nitrogens with one attached hydrogen (secondary N) is 2. The van der Waals surface area contributed by atoms with E-state index in [-0.39, 0.29) is 46.7 Å². The molecule has 0 radical (unpaired) electrons. The molecule has 0 amide bonds. The number of nitrogens with zero attached hydrogens (tertiary/aromatic N) is 1. The van der Waals surface area contributed by atoms with E-state index >= 15 is 0 Å². The Balaban J connectivity index is 0.00000288. The van der Waals surface area contributed by atoms with Gasteiger partial charge in [-0.3, -0.25) is 4.99 Å². The Labute approximate surface area is 160 Å². The average Bonchev–Trinajstić information content (AvgIpc) is 3.32. The van der Waals surface area contributed by atoms with Crippen molar-refractivity contribution in [1.29, 1.82) is 0 Å². The smallest absolute Gasteiger partial charge is 0.191 e. The normalized spacial score (nSPS) is 16.2. The first-order chi connectivity index (χ1) is 10.9. The van der Waals surface area contributed by atoms with Crippen molar-refractivity contribution in [3.63, 3.8) is 0 Å². The summed E-state index contributed by atoms with van der Waals surface area (Å²) in [5.74, 6) is 0.572. The summed E-state index contributed by atoms with van der Waals surface area (Å²) in [6.45, 7) is 2.61. The zero-order chi connectivity index (χ0) is 16.9. The van der Waals surface area contributed by atoms with Crippen molar-refractivity contribution in [2.24, 2.45) is 4.99 Å². The molecular weight excluding hydrogens is 444 g/mol. The number of halogens is 2. The van der Waals surface area contributed by atoms with Crippen LogP contribution in [0.5, 0.6) is 0 Å². The highest BCUT2D eigenvalue weighted by Gasteiger charge is 2.44. The standard InChI is InChI=1S/C16H24FN3O2S.HI/c1-3-23(21,22)10-9-19-15(18-2)20-12-16(7-8-16)13-5-4-6-14(17)11-13;/h4-6,11H,3,7-10,12H2,1-2H3,(H2,18,19,20);1H. The van der Waals surface area contributed by atoms with E-state index in [4.69, 9.17) is 0 Å². The van der Waals surface area contributed by atoms with E-state index in [0.717, 1.165) is 18.4 Å². The number of aliphatic imine (C=N–C) groups is 1. The predicted octanol–water partition coefficient (Wildman–Crippen LogP) is 2.08. The lowest BCUT2D eigenvalue weighted by Crippen LogP contribution is -2.42. The average molecular weight is 469 g/mol. The highest BCUT2D eigenvalue weighted by Crippen LogP contribution is 2.47. The quantitative estimate of drug-likeness (QED) is 0.365. The highest BCUT2D eigenvalue weighted by molar-refractivity contribution is 14.0. The van der Waals surface area contributed by atoms with Crippen LogP contribution in [0.15, 0.2) is 29.3 Å². The van der Waals surface area contributed by atoms with Crippen molar-refractivity contribution < 1.29 is 12.8 Å². The van der Waals surface area contributed by atoms with Crippen LogP contribution >= 0.6 is 24.0 Å². The minimum absolute atomic E-state index is 0. The predicted molar refractivity (Wildman–Crippen MR) is 106 cm³/mol. The number of hydrogen-bond donors (Lipinski definition) is 2. The van der Waals surface area contributed by atoms with E-state index < -0.39 is 9.84 Å². The van der Waals surface area contributed by atoms with Gasteiger partial charge in [0.1, 0.15) is 5.82 Å². The van der Waals surface area contributed by atoms with Crippen LogP contribution in [0, 0.1) is 5.82 Å². The van der Waals surface area contributed by atoms with E-state index in [1.165, 1.54) is 6.07 Å². The monoisotopic (exact) mass is 469 g/mol. The van der Waals surface area contributed by atoms with Crippen molar-refractivity contribution in [2.45, 2.75) is 25.2 Å². The molecule has 8 heteroatoms. The summed E-state index contributed by atoms with van der Waals surface area (Å²) >= 11 is 0. The van der Waals surface area contributed by atoms with Crippen molar-refractivity contribution in [1.82, 2.24) is 10.6 Å². The molecule has 136 valence electrons.